The summed E-state index contributed by atoms with van der Waals surface area (Å²) in [4.78, 5) is 39.2. The number of carbonyl (C=O) groups is 2. The van der Waals surface area contributed by atoms with Gasteiger partial charge < -0.3 is 15.5 Å². The molecule has 1 aromatic carbocycles. The molecule has 1 aliphatic heterocycles. The lowest BCUT2D eigenvalue weighted by Crippen LogP contribution is -2.43. The van der Waals surface area contributed by atoms with Crippen LogP contribution in [0.1, 0.15) is 53.6 Å². The molecule has 0 saturated carbocycles. The van der Waals surface area contributed by atoms with Crippen LogP contribution in [0.15, 0.2) is 30.3 Å². The van der Waals surface area contributed by atoms with Crippen molar-refractivity contribution in [3.05, 3.63) is 50.2 Å². The van der Waals surface area contributed by atoms with Gasteiger partial charge in [0.25, 0.3) is 11.6 Å². The van der Waals surface area contributed by atoms with Gasteiger partial charge in [-0.05, 0) is 44.4 Å². The lowest BCUT2D eigenvalue weighted by atomic mass is 10.1. The molecular weight excluding hydrogens is 416 g/mol. The number of rotatable bonds is 9. The Bertz CT molecular complexity index is 953. The Morgan fingerprint density at radius 2 is 2.00 bits per heavy atom. The number of amides is 2. The molecule has 166 valence electrons. The van der Waals surface area contributed by atoms with E-state index in [0.717, 1.165) is 43.0 Å². The number of nitrogens with one attached hydrogen (secondary N) is 2. The first-order valence-corrected chi connectivity index (χ1v) is 11.4. The van der Waals surface area contributed by atoms with Crippen molar-refractivity contribution in [1.82, 2.24) is 5.32 Å². The maximum atomic E-state index is 13.0. The van der Waals surface area contributed by atoms with Crippen LogP contribution in [0.3, 0.4) is 0 Å². The number of hydrogen-bond donors (Lipinski definition) is 2. The van der Waals surface area contributed by atoms with E-state index < -0.39 is 16.9 Å². The first-order valence-electron chi connectivity index (χ1n) is 10.6. The smallest absolute Gasteiger partial charge is 0.283 e. The molecule has 1 aromatic heterocycles. The number of thiophene rings is 1. The summed E-state index contributed by atoms with van der Waals surface area (Å²) >= 11 is 1.06. The predicted molar refractivity (Wildman–Crippen MR) is 123 cm³/mol. The Morgan fingerprint density at radius 1 is 1.26 bits per heavy atom. The summed E-state index contributed by atoms with van der Waals surface area (Å²) in [6.45, 7) is 5.65. The van der Waals surface area contributed by atoms with E-state index in [1.807, 2.05) is 31.2 Å². The third-order valence-electron chi connectivity index (χ3n) is 5.37. The topological polar surface area (TPSA) is 105 Å². The minimum absolute atomic E-state index is 0.0802. The van der Waals surface area contributed by atoms with E-state index in [-0.39, 0.29) is 16.5 Å². The molecular formula is C22H28N4O4S. The van der Waals surface area contributed by atoms with Gasteiger partial charge in [-0.3, -0.25) is 19.7 Å². The molecule has 0 spiro atoms. The Balaban J connectivity index is 1.70. The molecule has 1 fully saturated rings. The largest absolute Gasteiger partial charge is 0.371 e. The quantitative estimate of drug-likeness (QED) is 0.438. The normalized spacial score (nSPS) is 14.3. The van der Waals surface area contributed by atoms with E-state index in [1.165, 1.54) is 18.9 Å². The van der Waals surface area contributed by atoms with Crippen LogP contribution in [0, 0.1) is 17.0 Å². The van der Waals surface area contributed by atoms with Crippen molar-refractivity contribution < 1.29 is 14.5 Å². The number of nitrogens with zero attached hydrogens (tertiary/aromatic N) is 2. The molecule has 9 heteroatoms. The summed E-state index contributed by atoms with van der Waals surface area (Å²) in [6.07, 6.45) is 4.49. The SMILES string of the molecule is CCCCC(NC(=O)c1cc([N+](=O)[O-])c(C)s1)C(=O)Nc1cccc(N2CCCC2)c1. The maximum Gasteiger partial charge on any atom is 0.283 e. The maximum absolute atomic E-state index is 13.0. The van der Waals surface area contributed by atoms with Gasteiger partial charge in [-0.2, -0.15) is 0 Å². The van der Waals surface area contributed by atoms with Gasteiger partial charge in [0.05, 0.1) is 14.7 Å². The minimum Gasteiger partial charge on any atom is -0.371 e. The van der Waals surface area contributed by atoms with Crippen molar-refractivity contribution in [2.75, 3.05) is 23.3 Å². The van der Waals surface area contributed by atoms with Gasteiger partial charge in [0.1, 0.15) is 6.04 Å². The molecule has 2 N–H and O–H groups in total. The van der Waals surface area contributed by atoms with Crippen molar-refractivity contribution in [1.29, 1.82) is 0 Å². The zero-order chi connectivity index (χ0) is 22.4. The van der Waals surface area contributed by atoms with E-state index in [9.17, 15) is 19.7 Å². The zero-order valence-corrected chi connectivity index (χ0v) is 18.7. The standard InChI is InChI=1S/C22H28N4O4S/c1-3-4-10-18(24-22(28)20-14-19(26(29)30)15(2)31-20)21(27)23-16-8-7-9-17(13-16)25-11-5-6-12-25/h7-9,13-14,18H,3-6,10-12H2,1-2H3,(H,23,27)(H,24,28). The van der Waals surface area contributed by atoms with Crippen LogP contribution in [0.2, 0.25) is 0 Å². The van der Waals surface area contributed by atoms with Gasteiger partial charge in [-0.1, -0.05) is 25.8 Å². The molecule has 2 aromatic rings. The molecule has 8 nitrogen and oxygen atoms in total. The summed E-state index contributed by atoms with van der Waals surface area (Å²) in [5, 5.41) is 16.8. The van der Waals surface area contributed by atoms with Crippen LogP contribution >= 0.6 is 11.3 Å². The summed E-state index contributed by atoms with van der Waals surface area (Å²) in [6, 6.07) is 8.28. The number of unbranched alkanes of at least 4 members (excludes halogenated alkanes) is 1. The summed E-state index contributed by atoms with van der Waals surface area (Å²) in [5.74, 6) is -0.758. The molecule has 2 heterocycles. The lowest BCUT2D eigenvalue weighted by Gasteiger charge is -2.20. The van der Waals surface area contributed by atoms with Crippen molar-refractivity contribution in [2.45, 2.75) is 52.0 Å². The molecule has 1 saturated heterocycles. The number of anilines is 2. The average Bonchev–Trinajstić information content (AvgIpc) is 3.41. The van der Waals surface area contributed by atoms with E-state index in [1.54, 1.807) is 6.92 Å². The fourth-order valence-electron chi connectivity index (χ4n) is 3.66. The number of nitro groups is 1. The monoisotopic (exact) mass is 444 g/mol. The van der Waals surface area contributed by atoms with Gasteiger partial charge in [0.2, 0.25) is 5.91 Å². The Labute approximate surface area is 185 Å². The lowest BCUT2D eigenvalue weighted by molar-refractivity contribution is -0.385. The van der Waals surface area contributed by atoms with E-state index >= 15 is 0 Å². The van der Waals surface area contributed by atoms with Crippen LogP contribution in [0.5, 0.6) is 0 Å². The Hall–Kier alpha value is -2.94. The summed E-state index contributed by atoms with van der Waals surface area (Å²) in [7, 11) is 0. The summed E-state index contributed by atoms with van der Waals surface area (Å²) < 4.78 is 0. The second kappa shape index (κ2) is 10.4. The van der Waals surface area contributed by atoms with Crippen LogP contribution in [0.4, 0.5) is 17.1 Å². The Kier molecular flexibility index (Phi) is 7.62. The van der Waals surface area contributed by atoms with Gasteiger partial charge in [0, 0.05) is 30.5 Å². The second-order valence-electron chi connectivity index (χ2n) is 7.71. The molecule has 3 rings (SSSR count). The molecule has 0 aliphatic carbocycles. The average molecular weight is 445 g/mol. The third-order valence-corrected chi connectivity index (χ3v) is 6.40. The summed E-state index contributed by atoms with van der Waals surface area (Å²) in [5.41, 5.74) is 1.68. The van der Waals surface area contributed by atoms with Gasteiger partial charge >= 0.3 is 0 Å². The Morgan fingerprint density at radius 3 is 2.65 bits per heavy atom. The van der Waals surface area contributed by atoms with Crippen molar-refractivity contribution in [2.24, 2.45) is 0 Å². The highest BCUT2D eigenvalue weighted by atomic mass is 32.1. The number of benzene rings is 1. The molecule has 1 aliphatic rings. The fourth-order valence-corrected chi connectivity index (χ4v) is 4.55. The molecule has 0 radical (unpaired) electrons. The first-order chi connectivity index (χ1) is 14.9. The van der Waals surface area contributed by atoms with E-state index in [4.69, 9.17) is 0 Å². The number of carbonyl (C=O) groups excluding carboxylic acids is 2. The van der Waals surface area contributed by atoms with Crippen molar-refractivity contribution in [3.8, 4) is 0 Å². The van der Waals surface area contributed by atoms with Gasteiger partial charge in [-0.15, -0.1) is 11.3 Å². The van der Waals surface area contributed by atoms with Crippen LogP contribution in [-0.4, -0.2) is 35.9 Å². The highest BCUT2D eigenvalue weighted by Gasteiger charge is 2.25. The highest BCUT2D eigenvalue weighted by molar-refractivity contribution is 7.14. The van der Waals surface area contributed by atoms with Crippen LogP contribution in [-0.2, 0) is 4.79 Å². The van der Waals surface area contributed by atoms with Gasteiger partial charge in [-0.25, -0.2) is 0 Å². The van der Waals surface area contributed by atoms with Gasteiger partial charge in [0.15, 0.2) is 0 Å². The van der Waals surface area contributed by atoms with Crippen LogP contribution < -0.4 is 15.5 Å². The molecule has 31 heavy (non-hydrogen) atoms. The molecule has 2 amide bonds. The predicted octanol–water partition coefficient (Wildman–Crippen LogP) is 4.49. The van der Waals surface area contributed by atoms with E-state index in [0.29, 0.717) is 17.0 Å². The van der Waals surface area contributed by atoms with Crippen molar-refractivity contribution in [3.63, 3.8) is 0 Å². The van der Waals surface area contributed by atoms with E-state index in [2.05, 4.69) is 15.5 Å². The first kappa shape index (κ1) is 22.7. The van der Waals surface area contributed by atoms with Crippen molar-refractivity contribution >= 4 is 40.2 Å². The fraction of sp³-hybridized carbons (Fsp3) is 0.455. The molecule has 0 bridgehead atoms. The number of hydrogen-bond acceptors (Lipinski definition) is 6. The number of aryl methyl sites for hydroxylation is 1. The minimum atomic E-state index is -0.718. The zero-order valence-electron chi connectivity index (χ0n) is 17.8. The van der Waals surface area contributed by atoms with Crippen LogP contribution in [0.25, 0.3) is 0 Å². The third kappa shape index (κ3) is 5.81. The molecule has 1 atom stereocenters. The second-order valence-corrected chi connectivity index (χ2v) is 8.97. The highest BCUT2D eigenvalue weighted by Crippen LogP contribution is 2.28. The molecule has 1 unspecified atom stereocenters.